The number of nitrogens with zero attached hydrogens (tertiary/aromatic N) is 1. The molecule has 0 fully saturated rings. The molecule has 0 saturated heterocycles. The number of methoxy groups -OCH3 is 1. The molecule has 6 nitrogen and oxygen atoms in total. The fourth-order valence-electron chi connectivity index (χ4n) is 2.22. The lowest BCUT2D eigenvalue weighted by molar-refractivity contribution is -0.136. The summed E-state index contributed by atoms with van der Waals surface area (Å²) in [5, 5.41) is 13.3. The molecule has 0 atom stereocenters. The second kappa shape index (κ2) is 8.93. The lowest BCUT2D eigenvalue weighted by Crippen LogP contribution is -2.39. The Morgan fingerprint density at radius 3 is 2.67 bits per heavy atom. The quantitative estimate of drug-likeness (QED) is 0.769. The van der Waals surface area contributed by atoms with Crippen LogP contribution in [-0.4, -0.2) is 35.7 Å². The van der Waals surface area contributed by atoms with Crippen LogP contribution in [0.2, 0.25) is 0 Å². The number of aliphatic carboxylic acids is 1. The Bertz CT molecular complexity index is 673. The number of benzene rings is 1. The summed E-state index contributed by atoms with van der Waals surface area (Å²) in [5.41, 5.74) is 0.893. The summed E-state index contributed by atoms with van der Waals surface area (Å²) in [6, 6.07) is 11.1. The summed E-state index contributed by atoms with van der Waals surface area (Å²) >= 11 is 1.57. The lowest BCUT2D eigenvalue weighted by Gasteiger charge is -2.23. The number of amides is 2. The van der Waals surface area contributed by atoms with E-state index in [9.17, 15) is 9.59 Å². The lowest BCUT2D eigenvalue weighted by atomic mass is 10.2. The predicted molar refractivity (Wildman–Crippen MR) is 92.2 cm³/mol. The number of nitrogens with one attached hydrogen (secondary N) is 1. The summed E-state index contributed by atoms with van der Waals surface area (Å²) in [5.74, 6) is -0.225. The number of carbonyl (C=O) groups excluding carboxylic acids is 1. The molecule has 0 radical (unpaired) electrons. The van der Waals surface area contributed by atoms with E-state index in [-0.39, 0.29) is 19.0 Å². The minimum Gasteiger partial charge on any atom is -0.496 e. The van der Waals surface area contributed by atoms with E-state index in [2.05, 4.69) is 5.32 Å². The molecule has 1 heterocycles. The van der Waals surface area contributed by atoms with Gasteiger partial charge in [-0.3, -0.25) is 4.79 Å². The van der Waals surface area contributed by atoms with E-state index in [1.54, 1.807) is 23.3 Å². The largest absolute Gasteiger partial charge is 0.496 e. The number of ether oxygens (including phenoxy) is 1. The van der Waals surface area contributed by atoms with Crippen molar-refractivity contribution < 1.29 is 19.4 Å². The first-order valence-electron chi connectivity index (χ1n) is 7.49. The maximum absolute atomic E-state index is 12.4. The van der Waals surface area contributed by atoms with Crippen LogP contribution < -0.4 is 10.1 Å². The number of carboxylic acid groups (broad SMARTS) is 1. The van der Waals surface area contributed by atoms with E-state index in [1.807, 2.05) is 41.8 Å². The SMILES string of the molecule is COc1ccccc1CN(Cc1cccs1)C(=O)NCCC(=O)O. The Labute approximate surface area is 144 Å². The van der Waals surface area contributed by atoms with Crippen LogP contribution in [0.1, 0.15) is 16.9 Å². The molecule has 0 aliphatic rings. The molecular weight excluding hydrogens is 328 g/mol. The molecule has 1 aromatic heterocycles. The van der Waals surface area contributed by atoms with Crippen molar-refractivity contribution in [3.8, 4) is 5.75 Å². The van der Waals surface area contributed by atoms with Gasteiger partial charge < -0.3 is 20.1 Å². The molecule has 2 N–H and O–H groups in total. The average Bonchev–Trinajstić information content (AvgIpc) is 3.07. The maximum atomic E-state index is 12.4. The highest BCUT2D eigenvalue weighted by molar-refractivity contribution is 7.09. The molecule has 128 valence electrons. The van der Waals surface area contributed by atoms with Gasteiger partial charge in [0.25, 0.3) is 0 Å². The van der Waals surface area contributed by atoms with Gasteiger partial charge in [-0.15, -0.1) is 11.3 Å². The summed E-state index contributed by atoms with van der Waals surface area (Å²) in [6.07, 6.45) is -0.104. The second-order valence-electron chi connectivity index (χ2n) is 5.12. The highest BCUT2D eigenvalue weighted by Crippen LogP contribution is 2.21. The predicted octanol–water partition coefficient (Wildman–Crippen LogP) is 2.94. The molecule has 0 aliphatic heterocycles. The Balaban J connectivity index is 2.09. The molecule has 7 heteroatoms. The molecule has 0 unspecified atom stereocenters. The van der Waals surface area contributed by atoms with E-state index in [0.29, 0.717) is 18.8 Å². The van der Waals surface area contributed by atoms with E-state index < -0.39 is 5.97 Å². The molecular formula is C17H20N2O4S. The van der Waals surface area contributed by atoms with Gasteiger partial charge in [-0.25, -0.2) is 4.79 Å². The van der Waals surface area contributed by atoms with Crippen LogP contribution in [0.15, 0.2) is 41.8 Å². The van der Waals surface area contributed by atoms with Crippen LogP contribution in [0, 0.1) is 0 Å². The summed E-state index contributed by atoms with van der Waals surface area (Å²) < 4.78 is 5.34. The molecule has 2 aromatic rings. The summed E-state index contributed by atoms with van der Waals surface area (Å²) in [6.45, 7) is 0.927. The van der Waals surface area contributed by atoms with E-state index in [0.717, 1.165) is 10.4 Å². The van der Waals surface area contributed by atoms with Crippen LogP contribution in [0.5, 0.6) is 5.75 Å². The minimum atomic E-state index is -0.940. The first-order valence-corrected chi connectivity index (χ1v) is 8.37. The van der Waals surface area contributed by atoms with Crippen molar-refractivity contribution in [2.75, 3.05) is 13.7 Å². The van der Waals surface area contributed by atoms with Crippen LogP contribution >= 0.6 is 11.3 Å². The Morgan fingerprint density at radius 2 is 2.00 bits per heavy atom. The molecule has 0 spiro atoms. The van der Waals surface area contributed by atoms with Crippen LogP contribution in [-0.2, 0) is 17.9 Å². The van der Waals surface area contributed by atoms with Crippen molar-refractivity contribution in [2.45, 2.75) is 19.5 Å². The Kier molecular flexibility index (Phi) is 6.62. The zero-order valence-electron chi connectivity index (χ0n) is 13.4. The number of carboxylic acids is 1. The number of hydrogen-bond donors (Lipinski definition) is 2. The number of rotatable bonds is 8. The molecule has 2 amide bonds. The minimum absolute atomic E-state index is 0.0982. The fourth-order valence-corrected chi connectivity index (χ4v) is 2.94. The number of para-hydroxylation sites is 1. The number of urea groups is 1. The van der Waals surface area contributed by atoms with Gasteiger partial charge in [-0.2, -0.15) is 0 Å². The van der Waals surface area contributed by atoms with E-state index in [4.69, 9.17) is 9.84 Å². The molecule has 0 saturated carbocycles. The highest BCUT2D eigenvalue weighted by atomic mass is 32.1. The third-order valence-corrected chi connectivity index (χ3v) is 4.24. The average molecular weight is 348 g/mol. The van der Waals surface area contributed by atoms with Gasteiger partial charge >= 0.3 is 12.0 Å². The van der Waals surface area contributed by atoms with Crippen LogP contribution in [0.3, 0.4) is 0 Å². The third-order valence-electron chi connectivity index (χ3n) is 3.38. The van der Waals surface area contributed by atoms with Crippen molar-refractivity contribution in [2.24, 2.45) is 0 Å². The van der Waals surface area contributed by atoms with Crippen LogP contribution in [0.4, 0.5) is 4.79 Å². The standard InChI is InChI=1S/C17H20N2O4S/c1-23-15-7-3-2-5-13(15)11-19(12-14-6-4-10-24-14)17(22)18-9-8-16(20)21/h2-7,10H,8-9,11-12H2,1H3,(H,18,22)(H,20,21). The smallest absolute Gasteiger partial charge is 0.318 e. The fraction of sp³-hybridized carbons (Fsp3) is 0.294. The molecule has 0 bridgehead atoms. The van der Waals surface area contributed by atoms with E-state index >= 15 is 0 Å². The van der Waals surface area contributed by atoms with Gasteiger partial charge in [0.05, 0.1) is 26.6 Å². The number of hydrogen-bond acceptors (Lipinski definition) is 4. The van der Waals surface area contributed by atoms with Crippen molar-refractivity contribution in [3.05, 3.63) is 52.2 Å². The second-order valence-corrected chi connectivity index (χ2v) is 6.16. The van der Waals surface area contributed by atoms with Gasteiger partial charge in [-0.1, -0.05) is 24.3 Å². The van der Waals surface area contributed by atoms with Gasteiger partial charge in [0.2, 0.25) is 0 Å². The Morgan fingerprint density at radius 1 is 1.21 bits per heavy atom. The maximum Gasteiger partial charge on any atom is 0.318 e. The first kappa shape index (κ1) is 17.8. The highest BCUT2D eigenvalue weighted by Gasteiger charge is 2.17. The van der Waals surface area contributed by atoms with Crippen LogP contribution in [0.25, 0.3) is 0 Å². The molecule has 2 rings (SSSR count). The monoisotopic (exact) mass is 348 g/mol. The number of carbonyl (C=O) groups is 2. The normalized spacial score (nSPS) is 10.2. The number of thiophene rings is 1. The summed E-state index contributed by atoms with van der Waals surface area (Å²) in [4.78, 5) is 25.7. The van der Waals surface area contributed by atoms with Crippen molar-refractivity contribution >= 4 is 23.3 Å². The molecule has 0 aliphatic carbocycles. The zero-order valence-corrected chi connectivity index (χ0v) is 14.2. The summed E-state index contributed by atoms with van der Waals surface area (Å²) in [7, 11) is 1.59. The van der Waals surface area contributed by atoms with E-state index in [1.165, 1.54) is 0 Å². The molecule has 24 heavy (non-hydrogen) atoms. The van der Waals surface area contributed by atoms with Gasteiger partial charge in [0, 0.05) is 17.0 Å². The molecule has 1 aromatic carbocycles. The van der Waals surface area contributed by atoms with Gasteiger partial charge in [0.15, 0.2) is 0 Å². The van der Waals surface area contributed by atoms with Crippen molar-refractivity contribution in [3.63, 3.8) is 0 Å². The first-order chi connectivity index (χ1) is 11.6. The Hall–Kier alpha value is -2.54. The van der Waals surface area contributed by atoms with Gasteiger partial charge in [0.1, 0.15) is 5.75 Å². The van der Waals surface area contributed by atoms with Crippen molar-refractivity contribution in [1.82, 2.24) is 10.2 Å². The zero-order chi connectivity index (χ0) is 17.4. The third kappa shape index (κ3) is 5.27. The topological polar surface area (TPSA) is 78.9 Å². The van der Waals surface area contributed by atoms with Crippen molar-refractivity contribution in [1.29, 1.82) is 0 Å². The van der Waals surface area contributed by atoms with Gasteiger partial charge in [-0.05, 0) is 17.5 Å².